The fraction of sp³-hybridized carbons (Fsp3) is 0.909. The van der Waals surface area contributed by atoms with Crippen LogP contribution in [0, 0.1) is 5.92 Å². The van der Waals surface area contributed by atoms with Crippen molar-refractivity contribution in [2.24, 2.45) is 5.92 Å². The topological polar surface area (TPSA) is 26.3 Å². The highest BCUT2D eigenvalue weighted by Crippen LogP contribution is 2.10. The van der Waals surface area contributed by atoms with Gasteiger partial charge in [-0.05, 0) is 24.5 Å². The molecule has 0 aliphatic heterocycles. The number of alkyl halides is 2. The predicted molar refractivity (Wildman–Crippen MR) is 63.0 cm³/mol. The molecule has 0 N–H and O–H groups in total. The first kappa shape index (κ1) is 15.7. The van der Waals surface area contributed by atoms with Gasteiger partial charge in [0.15, 0.2) is 0 Å². The molecule has 0 aromatic heterocycles. The van der Waals surface area contributed by atoms with Crippen LogP contribution in [-0.4, -0.2) is 30.5 Å². The second-order valence-electron chi connectivity index (χ2n) is 4.02. The molecule has 16 heavy (non-hydrogen) atoms. The average molecular weight is 254 g/mol. The zero-order valence-corrected chi connectivity index (χ0v) is 10.7. The van der Waals surface area contributed by atoms with Gasteiger partial charge in [0, 0.05) is 6.42 Å². The van der Waals surface area contributed by atoms with Gasteiger partial charge in [-0.2, -0.15) is 11.8 Å². The summed E-state index contributed by atoms with van der Waals surface area (Å²) in [4.78, 5) is 11.1. The minimum absolute atomic E-state index is 0.0433. The monoisotopic (exact) mass is 254 g/mol. The van der Waals surface area contributed by atoms with Gasteiger partial charge in [-0.25, -0.2) is 8.78 Å². The lowest BCUT2D eigenvalue weighted by Gasteiger charge is -2.06. The lowest BCUT2D eigenvalue weighted by atomic mass is 10.2. The normalized spacial score (nSPS) is 11.1. The third-order valence-electron chi connectivity index (χ3n) is 1.76. The molecule has 96 valence electrons. The molecule has 0 aromatic rings. The van der Waals surface area contributed by atoms with Gasteiger partial charge in [0.25, 0.3) is 0 Å². The maximum Gasteiger partial charge on any atom is 0.315 e. The quantitative estimate of drug-likeness (QED) is 0.466. The maximum absolute atomic E-state index is 11.8. The van der Waals surface area contributed by atoms with Gasteiger partial charge in [-0.1, -0.05) is 13.8 Å². The maximum atomic E-state index is 11.8. The van der Waals surface area contributed by atoms with Crippen LogP contribution in [0.1, 0.15) is 33.1 Å². The number of carbonyl (C=O) groups is 1. The number of unbranched alkanes of at least 4 members (excludes halogenated alkanes) is 1. The predicted octanol–water partition coefficient (Wildman–Crippen LogP) is 3.35. The molecule has 0 heterocycles. The summed E-state index contributed by atoms with van der Waals surface area (Å²) in [6, 6.07) is 0. The van der Waals surface area contributed by atoms with Gasteiger partial charge >= 0.3 is 5.97 Å². The molecule has 0 fully saturated rings. The Morgan fingerprint density at radius 3 is 2.56 bits per heavy atom. The summed E-state index contributed by atoms with van der Waals surface area (Å²) in [6.07, 6.45) is -1.00. The molecule has 5 heteroatoms. The molecule has 0 saturated carbocycles. The van der Waals surface area contributed by atoms with Crippen molar-refractivity contribution in [1.29, 1.82) is 0 Å². The molecular weight excluding hydrogens is 234 g/mol. The first-order valence-corrected chi connectivity index (χ1v) is 6.69. The zero-order chi connectivity index (χ0) is 12.4. The Bertz CT molecular complexity index is 187. The van der Waals surface area contributed by atoms with E-state index in [1.165, 1.54) is 11.8 Å². The fourth-order valence-corrected chi connectivity index (χ4v) is 1.76. The number of rotatable bonds is 9. The summed E-state index contributed by atoms with van der Waals surface area (Å²) in [5.41, 5.74) is 0. The Morgan fingerprint density at radius 1 is 1.31 bits per heavy atom. The second-order valence-corrected chi connectivity index (χ2v) is 5.12. The molecular formula is C11H20F2O2S. The van der Waals surface area contributed by atoms with Gasteiger partial charge < -0.3 is 4.74 Å². The minimum atomic E-state index is -2.21. The Kier molecular flexibility index (Phi) is 9.68. The van der Waals surface area contributed by atoms with Crippen LogP contribution in [0.2, 0.25) is 0 Å². The molecule has 0 bridgehead atoms. The van der Waals surface area contributed by atoms with Crippen molar-refractivity contribution < 1.29 is 18.3 Å². The van der Waals surface area contributed by atoms with Crippen molar-refractivity contribution in [3.8, 4) is 0 Å². The van der Waals surface area contributed by atoms with Gasteiger partial charge in [-0.3, -0.25) is 4.79 Å². The standard InChI is InChI=1S/C11H20F2O2S/c1-9(2)7-15-11(14)8-16-6-4-3-5-10(12)13/h9-10H,3-8H2,1-2H3. The van der Waals surface area contributed by atoms with Crippen LogP contribution < -0.4 is 0 Å². The van der Waals surface area contributed by atoms with E-state index in [0.29, 0.717) is 24.7 Å². The molecule has 0 spiro atoms. The first-order valence-electron chi connectivity index (χ1n) is 5.54. The molecule has 0 radical (unpaired) electrons. The van der Waals surface area contributed by atoms with Crippen LogP contribution in [0.5, 0.6) is 0 Å². The van der Waals surface area contributed by atoms with Crippen LogP contribution >= 0.6 is 11.8 Å². The number of thioether (sulfide) groups is 1. The van der Waals surface area contributed by atoms with Crippen LogP contribution in [0.15, 0.2) is 0 Å². The summed E-state index contributed by atoms with van der Waals surface area (Å²) >= 11 is 1.45. The highest BCUT2D eigenvalue weighted by atomic mass is 32.2. The van der Waals surface area contributed by atoms with Crippen molar-refractivity contribution in [3.63, 3.8) is 0 Å². The molecule has 0 aliphatic rings. The lowest BCUT2D eigenvalue weighted by Crippen LogP contribution is -2.12. The second kappa shape index (κ2) is 9.87. The van der Waals surface area contributed by atoms with Crippen LogP contribution in [0.4, 0.5) is 8.78 Å². The summed E-state index contributed by atoms with van der Waals surface area (Å²) in [5.74, 6) is 1.19. The summed E-state index contributed by atoms with van der Waals surface area (Å²) in [7, 11) is 0. The van der Waals surface area contributed by atoms with Crippen molar-refractivity contribution in [2.75, 3.05) is 18.1 Å². The van der Waals surface area contributed by atoms with E-state index < -0.39 is 6.43 Å². The van der Waals surface area contributed by atoms with Crippen LogP contribution in [-0.2, 0) is 9.53 Å². The minimum Gasteiger partial charge on any atom is -0.465 e. The van der Waals surface area contributed by atoms with E-state index >= 15 is 0 Å². The first-order chi connectivity index (χ1) is 7.52. The summed E-state index contributed by atoms with van der Waals surface area (Å²) < 4.78 is 28.5. The number of hydrogen-bond acceptors (Lipinski definition) is 3. The number of esters is 1. The molecule has 0 unspecified atom stereocenters. The van der Waals surface area contributed by atoms with Crippen LogP contribution in [0.3, 0.4) is 0 Å². The van der Waals surface area contributed by atoms with E-state index in [1.54, 1.807) is 0 Å². The smallest absolute Gasteiger partial charge is 0.315 e. The third kappa shape index (κ3) is 11.8. The lowest BCUT2D eigenvalue weighted by molar-refractivity contribution is -0.141. The number of ether oxygens (including phenoxy) is 1. The molecule has 2 nitrogen and oxygen atoms in total. The molecule has 0 saturated heterocycles. The Hall–Kier alpha value is -0.320. The van der Waals surface area contributed by atoms with Crippen molar-refractivity contribution >= 4 is 17.7 Å². The highest BCUT2D eigenvalue weighted by Gasteiger charge is 2.05. The van der Waals surface area contributed by atoms with Gasteiger partial charge in [-0.15, -0.1) is 0 Å². The molecule has 0 atom stereocenters. The highest BCUT2D eigenvalue weighted by molar-refractivity contribution is 7.99. The van der Waals surface area contributed by atoms with Gasteiger partial charge in [0.1, 0.15) is 0 Å². The van der Waals surface area contributed by atoms with E-state index in [4.69, 9.17) is 4.74 Å². The van der Waals surface area contributed by atoms with E-state index in [1.807, 2.05) is 13.8 Å². The largest absolute Gasteiger partial charge is 0.465 e. The molecule has 0 amide bonds. The Morgan fingerprint density at radius 2 is 2.00 bits per heavy atom. The van der Waals surface area contributed by atoms with Gasteiger partial charge in [0.2, 0.25) is 6.43 Å². The van der Waals surface area contributed by atoms with Crippen molar-refractivity contribution in [3.05, 3.63) is 0 Å². The van der Waals surface area contributed by atoms with E-state index in [9.17, 15) is 13.6 Å². The Balaban J connectivity index is 3.21. The Labute approximate surface area is 100 Å². The summed E-state index contributed by atoms with van der Waals surface area (Å²) in [5, 5.41) is 0. The van der Waals surface area contributed by atoms with Gasteiger partial charge in [0.05, 0.1) is 12.4 Å². The van der Waals surface area contributed by atoms with E-state index in [0.717, 1.165) is 12.2 Å². The number of halogens is 2. The summed E-state index contributed by atoms with van der Waals surface area (Å²) in [6.45, 7) is 4.40. The number of hydrogen-bond donors (Lipinski definition) is 0. The zero-order valence-electron chi connectivity index (χ0n) is 9.88. The van der Waals surface area contributed by atoms with Crippen LogP contribution in [0.25, 0.3) is 0 Å². The SMILES string of the molecule is CC(C)COC(=O)CSCCCCC(F)F. The van der Waals surface area contributed by atoms with Crippen molar-refractivity contribution in [2.45, 2.75) is 39.5 Å². The third-order valence-corrected chi connectivity index (χ3v) is 2.78. The molecule has 0 aliphatic carbocycles. The molecule has 0 aromatic carbocycles. The number of carbonyl (C=O) groups excluding carboxylic acids is 1. The van der Waals surface area contributed by atoms with Crippen molar-refractivity contribution in [1.82, 2.24) is 0 Å². The fourth-order valence-electron chi connectivity index (χ4n) is 0.960. The average Bonchev–Trinajstić information content (AvgIpc) is 2.19. The van der Waals surface area contributed by atoms with E-state index in [-0.39, 0.29) is 12.4 Å². The molecule has 0 rings (SSSR count). The van der Waals surface area contributed by atoms with E-state index in [2.05, 4.69) is 0 Å².